The minimum atomic E-state index is -4.07. The summed E-state index contributed by atoms with van der Waals surface area (Å²) in [5.74, 6) is -1.36. The van der Waals surface area contributed by atoms with Crippen LogP contribution < -0.4 is 4.72 Å². The molecule has 0 saturated heterocycles. The van der Waals surface area contributed by atoms with E-state index in [0.29, 0.717) is 0 Å². The van der Waals surface area contributed by atoms with E-state index in [1.165, 1.54) is 31.2 Å². The lowest BCUT2D eigenvalue weighted by Gasteiger charge is -2.14. The fraction of sp³-hybridized carbons (Fsp3) is 0.167. The first-order valence-corrected chi connectivity index (χ1v) is 11.4. The Labute approximate surface area is 187 Å². The highest BCUT2D eigenvalue weighted by molar-refractivity contribution is 7.89. The van der Waals surface area contributed by atoms with Crippen LogP contribution in [-0.4, -0.2) is 26.4 Å². The minimum Gasteiger partial charge on any atom is -0.460 e. The molecule has 0 heterocycles. The molecule has 3 aromatic carbocycles. The van der Waals surface area contributed by atoms with Crippen LogP contribution in [0.5, 0.6) is 0 Å². The van der Waals surface area contributed by atoms with E-state index in [0.717, 1.165) is 11.1 Å². The van der Waals surface area contributed by atoms with Gasteiger partial charge in [0.25, 0.3) is 0 Å². The van der Waals surface area contributed by atoms with Crippen LogP contribution >= 0.6 is 0 Å². The lowest BCUT2D eigenvalue weighted by Crippen LogP contribution is -2.39. The zero-order chi connectivity index (χ0) is 23.0. The van der Waals surface area contributed by atoms with Gasteiger partial charge in [0.2, 0.25) is 10.0 Å². The standard InChI is InChI=1S/C24H23NO6S/c1-18(23(26)30-16-19-9-4-2-5-10-19)25-32(28,29)22-14-8-13-21(15-22)24(27)31-17-20-11-6-3-7-12-20/h2-15,18,25H,16-17H2,1H3/t18-/m1/s1. The quantitative estimate of drug-likeness (QED) is 0.498. The van der Waals surface area contributed by atoms with E-state index in [-0.39, 0.29) is 23.7 Å². The van der Waals surface area contributed by atoms with Gasteiger partial charge in [-0.2, -0.15) is 4.72 Å². The Hall–Kier alpha value is -3.49. The zero-order valence-electron chi connectivity index (χ0n) is 17.4. The lowest BCUT2D eigenvalue weighted by molar-refractivity contribution is -0.146. The van der Waals surface area contributed by atoms with E-state index in [2.05, 4.69) is 4.72 Å². The minimum absolute atomic E-state index is 0.0362. The Kier molecular flexibility index (Phi) is 7.75. The number of carbonyl (C=O) groups excluding carboxylic acids is 2. The third kappa shape index (κ3) is 6.50. The third-order valence-corrected chi connectivity index (χ3v) is 6.04. The van der Waals surface area contributed by atoms with Crippen molar-refractivity contribution in [2.45, 2.75) is 31.1 Å². The van der Waals surface area contributed by atoms with E-state index in [1.807, 2.05) is 48.5 Å². The van der Waals surface area contributed by atoms with Crippen LogP contribution in [0.1, 0.15) is 28.4 Å². The molecular formula is C24H23NO6S. The Morgan fingerprint density at radius 1 is 0.812 bits per heavy atom. The topological polar surface area (TPSA) is 98.8 Å². The molecule has 0 fully saturated rings. The smallest absolute Gasteiger partial charge is 0.338 e. The third-order valence-electron chi connectivity index (χ3n) is 4.50. The number of benzene rings is 3. The first-order chi connectivity index (χ1) is 15.3. The molecule has 32 heavy (non-hydrogen) atoms. The number of ether oxygens (including phenoxy) is 2. The van der Waals surface area contributed by atoms with E-state index < -0.39 is 28.0 Å². The van der Waals surface area contributed by atoms with Crippen LogP contribution in [0.3, 0.4) is 0 Å². The van der Waals surface area contributed by atoms with E-state index in [9.17, 15) is 18.0 Å². The summed E-state index contributed by atoms with van der Waals surface area (Å²) < 4.78 is 38.1. The van der Waals surface area contributed by atoms with Crippen molar-refractivity contribution in [1.29, 1.82) is 0 Å². The molecule has 0 aliphatic rings. The number of hydrogen-bond acceptors (Lipinski definition) is 6. The maximum Gasteiger partial charge on any atom is 0.338 e. The first kappa shape index (κ1) is 23.2. The van der Waals surface area contributed by atoms with Crippen LogP contribution in [0.2, 0.25) is 0 Å². The van der Waals surface area contributed by atoms with Gasteiger partial charge < -0.3 is 9.47 Å². The Balaban J connectivity index is 1.60. The maximum atomic E-state index is 12.7. The number of esters is 2. The molecule has 166 valence electrons. The van der Waals surface area contributed by atoms with Gasteiger partial charge in [-0.1, -0.05) is 66.7 Å². The predicted octanol–water partition coefficient (Wildman–Crippen LogP) is 3.45. The number of hydrogen-bond donors (Lipinski definition) is 1. The molecule has 1 atom stereocenters. The first-order valence-electron chi connectivity index (χ1n) is 9.89. The van der Waals surface area contributed by atoms with Crippen molar-refractivity contribution in [2.75, 3.05) is 0 Å². The molecule has 8 heteroatoms. The summed E-state index contributed by atoms with van der Waals surface area (Å²) in [4.78, 5) is 24.4. The number of rotatable bonds is 9. The van der Waals surface area contributed by atoms with Crippen molar-refractivity contribution in [3.8, 4) is 0 Å². The Bertz CT molecular complexity index is 1160. The van der Waals surface area contributed by atoms with E-state index >= 15 is 0 Å². The summed E-state index contributed by atoms with van der Waals surface area (Å²) in [6, 6.07) is 22.5. The SMILES string of the molecule is C[C@@H](NS(=O)(=O)c1cccc(C(=O)OCc2ccccc2)c1)C(=O)OCc1ccccc1. The Morgan fingerprint density at radius 2 is 1.38 bits per heavy atom. The van der Waals surface area contributed by atoms with Gasteiger partial charge in [0, 0.05) is 0 Å². The predicted molar refractivity (Wildman–Crippen MR) is 118 cm³/mol. The molecule has 0 bridgehead atoms. The molecule has 0 aromatic heterocycles. The normalized spacial score (nSPS) is 12.0. The molecule has 0 saturated carbocycles. The Morgan fingerprint density at radius 3 is 1.97 bits per heavy atom. The summed E-state index contributed by atoms with van der Waals surface area (Å²) >= 11 is 0. The van der Waals surface area contributed by atoms with Crippen LogP contribution in [0.15, 0.2) is 89.8 Å². The highest BCUT2D eigenvalue weighted by Gasteiger charge is 2.24. The molecule has 0 amide bonds. The average molecular weight is 454 g/mol. The van der Waals surface area contributed by atoms with Gasteiger partial charge in [0.05, 0.1) is 10.5 Å². The van der Waals surface area contributed by atoms with Crippen LogP contribution in [0.25, 0.3) is 0 Å². The molecule has 3 rings (SSSR count). The van der Waals surface area contributed by atoms with Crippen molar-refractivity contribution in [3.05, 3.63) is 102 Å². The maximum absolute atomic E-state index is 12.7. The number of carbonyl (C=O) groups is 2. The molecule has 0 radical (unpaired) electrons. The van der Waals surface area contributed by atoms with Crippen molar-refractivity contribution >= 4 is 22.0 Å². The number of sulfonamides is 1. The second-order valence-corrected chi connectivity index (χ2v) is 8.74. The summed E-state index contributed by atoms with van der Waals surface area (Å²) in [5, 5.41) is 0. The summed E-state index contributed by atoms with van der Waals surface area (Å²) in [5.41, 5.74) is 1.69. The van der Waals surface area contributed by atoms with Crippen molar-refractivity contribution in [2.24, 2.45) is 0 Å². The average Bonchev–Trinajstić information content (AvgIpc) is 2.82. The highest BCUT2D eigenvalue weighted by Crippen LogP contribution is 2.14. The van der Waals surface area contributed by atoms with Crippen LogP contribution in [0, 0.1) is 0 Å². The van der Waals surface area contributed by atoms with E-state index in [1.54, 1.807) is 12.1 Å². The van der Waals surface area contributed by atoms with Gasteiger partial charge in [-0.3, -0.25) is 4.79 Å². The summed E-state index contributed by atoms with van der Waals surface area (Å²) in [7, 11) is -4.07. The highest BCUT2D eigenvalue weighted by atomic mass is 32.2. The summed E-state index contributed by atoms with van der Waals surface area (Å²) in [6.45, 7) is 1.50. The van der Waals surface area contributed by atoms with Crippen molar-refractivity contribution < 1.29 is 27.5 Å². The lowest BCUT2D eigenvalue weighted by atomic mass is 10.2. The van der Waals surface area contributed by atoms with Crippen LogP contribution in [0.4, 0.5) is 0 Å². The molecule has 3 aromatic rings. The molecular weight excluding hydrogens is 430 g/mol. The van der Waals surface area contributed by atoms with Gasteiger partial charge in [-0.15, -0.1) is 0 Å². The van der Waals surface area contributed by atoms with Gasteiger partial charge >= 0.3 is 11.9 Å². The van der Waals surface area contributed by atoms with Crippen LogP contribution in [-0.2, 0) is 37.5 Å². The molecule has 0 unspecified atom stereocenters. The summed E-state index contributed by atoms with van der Waals surface area (Å²) in [6.07, 6.45) is 0. The fourth-order valence-electron chi connectivity index (χ4n) is 2.80. The molecule has 0 aliphatic carbocycles. The molecule has 0 spiro atoms. The molecule has 1 N–H and O–H groups in total. The van der Waals surface area contributed by atoms with E-state index in [4.69, 9.17) is 9.47 Å². The van der Waals surface area contributed by atoms with Gasteiger partial charge in [-0.25, -0.2) is 13.2 Å². The fourth-order valence-corrected chi connectivity index (χ4v) is 4.04. The molecule has 0 aliphatic heterocycles. The van der Waals surface area contributed by atoms with Gasteiger partial charge in [-0.05, 0) is 36.2 Å². The largest absolute Gasteiger partial charge is 0.460 e. The second-order valence-electron chi connectivity index (χ2n) is 7.03. The zero-order valence-corrected chi connectivity index (χ0v) is 18.2. The van der Waals surface area contributed by atoms with Crippen molar-refractivity contribution in [3.63, 3.8) is 0 Å². The molecule has 7 nitrogen and oxygen atoms in total. The van der Waals surface area contributed by atoms with Gasteiger partial charge in [0.15, 0.2) is 0 Å². The monoisotopic (exact) mass is 453 g/mol. The number of nitrogens with one attached hydrogen (secondary N) is 1. The van der Waals surface area contributed by atoms with Crippen molar-refractivity contribution in [1.82, 2.24) is 4.72 Å². The second kappa shape index (κ2) is 10.7. The van der Waals surface area contributed by atoms with Gasteiger partial charge in [0.1, 0.15) is 19.3 Å².